The van der Waals surface area contributed by atoms with Crippen LogP contribution in [0.5, 0.6) is 0 Å². The summed E-state index contributed by atoms with van der Waals surface area (Å²) >= 11 is 6.02. The molecule has 5 heteroatoms. The van der Waals surface area contributed by atoms with Crippen LogP contribution in [0.1, 0.15) is 18.9 Å². The van der Waals surface area contributed by atoms with E-state index in [4.69, 9.17) is 22.1 Å². The number of ether oxygens (including phenoxy) is 1. The fourth-order valence-electron chi connectivity index (χ4n) is 1.39. The molecule has 1 rings (SSSR count). The molecule has 0 fully saturated rings. The molecule has 0 aliphatic rings. The Kier molecular flexibility index (Phi) is 7.22. The monoisotopic (exact) mass is 269 g/mol. The number of nitrogens with two attached hydrogens (primary N) is 1. The molecule has 0 saturated heterocycles. The minimum atomic E-state index is 0.436. The summed E-state index contributed by atoms with van der Waals surface area (Å²) in [5.74, 6) is 0.436. The van der Waals surface area contributed by atoms with Gasteiger partial charge in [-0.2, -0.15) is 0 Å². The number of benzene rings is 1. The summed E-state index contributed by atoms with van der Waals surface area (Å²) in [7, 11) is 0. The van der Waals surface area contributed by atoms with Crippen LogP contribution in [0.25, 0.3) is 0 Å². The Morgan fingerprint density at radius 1 is 1.44 bits per heavy atom. The van der Waals surface area contributed by atoms with Crippen molar-refractivity contribution in [2.75, 3.05) is 19.8 Å². The van der Waals surface area contributed by atoms with Gasteiger partial charge in [-0.1, -0.05) is 29.8 Å². The molecule has 0 amide bonds. The van der Waals surface area contributed by atoms with E-state index in [9.17, 15) is 0 Å². The number of rotatable bonds is 7. The van der Waals surface area contributed by atoms with Crippen LogP contribution in [0.2, 0.25) is 5.02 Å². The second-order valence-electron chi connectivity index (χ2n) is 3.77. The number of guanidine groups is 1. The van der Waals surface area contributed by atoms with Crippen molar-refractivity contribution in [1.82, 2.24) is 5.32 Å². The van der Waals surface area contributed by atoms with Crippen molar-refractivity contribution in [3.05, 3.63) is 34.9 Å². The highest BCUT2D eigenvalue weighted by Gasteiger charge is 1.97. The molecule has 1 aromatic rings. The zero-order valence-corrected chi connectivity index (χ0v) is 11.4. The van der Waals surface area contributed by atoms with Crippen molar-refractivity contribution in [2.24, 2.45) is 10.7 Å². The van der Waals surface area contributed by atoms with E-state index in [2.05, 4.69) is 10.3 Å². The lowest BCUT2D eigenvalue weighted by Crippen LogP contribution is -2.32. The maximum Gasteiger partial charge on any atom is 0.188 e. The quantitative estimate of drug-likeness (QED) is 0.453. The Hall–Kier alpha value is -1.26. The van der Waals surface area contributed by atoms with Gasteiger partial charge in [0.1, 0.15) is 0 Å². The first-order valence-electron chi connectivity index (χ1n) is 6.09. The highest BCUT2D eigenvalue weighted by atomic mass is 35.5. The van der Waals surface area contributed by atoms with E-state index in [0.29, 0.717) is 17.5 Å². The minimum Gasteiger partial charge on any atom is -0.382 e. The molecule has 0 bridgehead atoms. The summed E-state index contributed by atoms with van der Waals surface area (Å²) < 4.78 is 5.22. The van der Waals surface area contributed by atoms with E-state index >= 15 is 0 Å². The zero-order chi connectivity index (χ0) is 13.2. The number of hydrogen-bond donors (Lipinski definition) is 2. The average Bonchev–Trinajstić information content (AvgIpc) is 2.37. The summed E-state index contributed by atoms with van der Waals surface area (Å²) in [5.41, 5.74) is 6.71. The number of aliphatic imine (C=N–C) groups is 1. The molecule has 100 valence electrons. The van der Waals surface area contributed by atoms with Gasteiger partial charge in [-0.15, -0.1) is 0 Å². The molecule has 0 saturated carbocycles. The van der Waals surface area contributed by atoms with Crippen molar-refractivity contribution in [2.45, 2.75) is 19.9 Å². The first-order chi connectivity index (χ1) is 8.74. The minimum absolute atomic E-state index is 0.436. The van der Waals surface area contributed by atoms with E-state index < -0.39 is 0 Å². The van der Waals surface area contributed by atoms with Crippen LogP contribution in [0.15, 0.2) is 29.3 Å². The van der Waals surface area contributed by atoms with Gasteiger partial charge in [0.25, 0.3) is 0 Å². The maximum atomic E-state index is 6.02. The third kappa shape index (κ3) is 5.89. The molecule has 0 atom stereocenters. The Bertz CT molecular complexity index is 382. The Morgan fingerprint density at radius 3 is 2.94 bits per heavy atom. The van der Waals surface area contributed by atoms with Gasteiger partial charge >= 0.3 is 0 Å². The van der Waals surface area contributed by atoms with E-state index in [1.807, 2.05) is 31.2 Å². The molecule has 0 spiro atoms. The predicted octanol–water partition coefficient (Wildman–Crippen LogP) is 2.17. The smallest absolute Gasteiger partial charge is 0.188 e. The van der Waals surface area contributed by atoms with Crippen LogP contribution in [0, 0.1) is 0 Å². The fraction of sp³-hybridized carbons (Fsp3) is 0.462. The molecule has 18 heavy (non-hydrogen) atoms. The second-order valence-corrected chi connectivity index (χ2v) is 4.18. The normalized spacial score (nSPS) is 11.6. The predicted molar refractivity (Wildman–Crippen MR) is 75.9 cm³/mol. The number of nitrogens with one attached hydrogen (secondary N) is 1. The maximum absolute atomic E-state index is 6.02. The van der Waals surface area contributed by atoms with Gasteiger partial charge in [-0.25, -0.2) is 4.99 Å². The summed E-state index contributed by atoms with van der Waals surface area (Å²) in [6.45, 7) is 4.71. The van der Waals surface area contributed by atoms with E-state index in [1.165, 1.54) is 0 Å². The molecule has 0 unspecified atom stereocenters. The molecule has 0 aromatic heterocycles. The van der Waals surface area contributed by atoms with Crippen molar-refractivity contribution in [3.63, 3.8) is 0 Å². The lowest BCUT2D eigenvalue weighted by molar-refractivity contribution is 0.145. The topological polar surface area (TPSA) is 59.6 Å². The van der Waals surface area contributed by atoms with E-state index in [0.717, 1.165) is 31.7 Å². The van der Waals surface area contributed by atoms with Crippen LogP contribution in [0.4, 0.5) is 0 Å². The lowest BCUT2D eigenvalue weighted by atomic mass is 10.2. The van der Waals surface area contributed by atoms with E-state index in [-0.39, 0.29) is 0 Å². The summed E-state index contributed by atoms with van der Waals surface area (Å²) in [4.78, 5) is 4.23. The highest BCUT2D eigenvalue weighted by Crippen LogP contribution is 2.15. The first-order valence-corrected chi connectivity index (χ1v) is 6.46. The SMILES string of the molecule is CCOCCCNC(N)=NCc1ccccc1Cl. The van der Waals surface area contributed by atoms with Gasteiger partial charge in [-0.05, 0) is 25.0 Å². The van der Waals surface area contributed by atoms with Crippen molar-refractivity contribution in [3.8, 4) is 0 Å². The van der Waals surface area contributed by atoms with Gasteiger partial charge in [-0.3, -0.25) is 0 Å². The number of nitrogens with zero attached hydrogens (tertiary/aromatic N) is 1. The zero-order valence-electron chi connectivity index (χ0n) is 10.7. The standard InChI is InChI=1S/C13H20ClN3O/c1-2-18-9-5-8-16-13(15)17-10-11-6-3-4-7-12(11)14/h3-4,6-7H,2,5,8-10H2,1H3,(H3,15,16,17). The summed E-state index contributed by atoms with van der Waals surface area (Å²) in [6, 6.07) is 7.61. The molecule has 0 heterocycles. The molecular weight excluding hydrogens is 250 g/mol. The van der Waals surface area contributed by atoms with Crippen molar-refractivity contribution < 1.29 is 4.74 Å². The van der Waals surface area contributed by atoms with Crippen molar-refractivity contribution >= 4 is 17.6 Å². The molecule has 0 aliphatic carbocycles. The van der Waals surface area contributed by atoms with Crippen LogP contribution < -0.4 is 11.1 Å². The Balaban J connectivity index is 2.27. The Morgan fingerprint density at radius 2 is 2.22 bits per heavy atom. The van der Waals surface area contributed by atoms with Crippen LogP contribution in [0.3, 0.4) is 0 Å². The van der Waals surface area contributed by atoms with Crippen LogP contribution >= 0.6 is 11.6 Å². The average molecular weight is 270 g/mol. The third-order valence-corrected chi connectivity index (χ3v) is 2.72. The molecule has 3 N–H and O–H groups in total. The van der Waals surface area contributed by atoms with Crippen LogP contribution in [-0.2, 0) is 11.3 Å². The summed E-state index contributed by atoms with van der Waals surface area (Å²) in [6.07, 6.45) is 0.913. The first kappa shape index (κ1) is 14.8. The number of hydrogen-bond acceptors (Lipinski definition) is 2. The van der Waals surface area contributed by atoms with Gasteiger partial charge < -0.3 is 15.8 Å². The Labute approximate surface area is 113 Å². The van der Waals surface area contributed by atoms with Gasteiger partial charge in [0.15, 0.2) is 5.96 Å². The van der Waals surface area contributed by atoms with Crippen LogP contribution in [-0.4, -0.2) is 25.7 Å². The molecule has 0 radical (unpaired) electrons. The van der Waals surface area contributed by atoms with E-state index in [1.54, 1.807) is 0 Å². The highest BCUT2D eigenvalue weighted by molar-refractivity contribution is 6.31. The molecule has 0 aliphatic heterocycles. The third-order valence-electron chi connectivity index (χ3n) is 2.35. The fourth-order valence-corrected chi connectivity index (χ4v) is 1.58. The largest absolute Gasteiger partial charge is 0.382 e. The molecule has 4 nitrogen and oxygen atoms in total. The van der Waals surface area contributed by atoms with Gasteiger partial charge in [0, 0.05) is 24.8 Å². The molecule has 1 aromatic carbocycles. The van der Waals surface area contributed by atoms with Gasteiger partial charge in [0.05, 0.1) is 6.54 Å². The second kappa shape index (κ2) is 8.78. The number of halogens is 1. The summed E-state index contributed by atoms with van der Waals surface area (Å²) in [5, 5.41) is 3.75. The molecular formula is C13H20ClN3O. The lowest BCUT2D eigenvalue weighted by Gasteiger charge is -2.06. The van der Waals surface area contributed by atoms with Gasteiger partial charge in [0.2, 0.25) is 0 Å². The van der Waals surface area contributed by atoms with Crippen molar-refractivity contribution in [1.29, 1.82) is 0 Å².